The first-order chi connectivity index (χ1) is 18.3. The molecular formula is C27H29ClF3N5O2S. The lowest BCUT2D eigenvalue weighted by molar-refractivity contribution is -0.173. The molecule has 3 heterocycles. The minimum atomic E-state index is -4.62. The van der Waals surface area contributed by atoms with Crippen molar-refractivity contribution in [3.63, 3.8) is 0 Å². The molecule has 0 bridgehead atoms. The zero-order chi connectivity index (χ0) is 28.3. The van der Waals surface area contributed by atoms with Gasteiger partial charge in [0, 0.05) is 11.3 Å². The van der Waals surface area contributed by atoms with Gasteiger partial charge in [-0.05, 0) is 41.7 Å². The lowest BCUT2D eigenvalue weighted by Gasteiger charge is -2.33. The number of nitrogens with two attached hydrogens (primary N) is 1. The van der Waals surface area contributed by atoms with Gasteiger partial charge in [0.25, 0.3) is 11.8 Å². The van der Waals surface area contributed by atoms with E-state index in [2.05, 4.69) is 36.5 Å². The van der Waals surface area contributed by atoms with E-state index in [0.29, 0.717) is 17.9 Å². The summed E-state index contributed by atoms with van der Waals surface area (Å²) >= 11 is 7.75. The van der Waals surface area contributed by atoms with Crippen LogP contribution in [0.5, 0.6) is 0 Å². The molecule has 5 rings (SSSR count). The summed E-state index contributed by atoms with van der Waals surface area (Å²) in [5.41, 5.74) is 7.13. The van der Waals surface area contributed by atoms with Crippen LogP contribution in [0.3, 0.4) is 0 Å². The number of nitrogens with zero attached hydrogens (tertiary/aromatic N) is 2. The Bertz CT molecular complexity index is 1430. The van der Waals surface area contributed by atoms with Crippen LogP contribution in [0.15, 0.2) is 30.3 Å². The molecule has 1 aromatic carbocycles. The Hall–Kier alpha value is -3.05. The van der Waals surface area contributed by atoms with Gasteiger partial charge in [0.2, 0.25) is 0 Å². The monoisotopic (exact) mass is 579 g/mol. The molecule has 2 aromatic heterocycles. The van der Waals surface area contributed by atoms with Gasteiger partial charge in [-0.1, -0.05) is 62.7 Å². The number of alkyl halides is 3. The van der Waals surface area contributed by atoms with Gasteiger partial charge >= 0.3 is 6.18 Å². The minimum absolute atomic E-state index is 0.0701. The molecule has 0 saturated carbocycles. The number of primary amides is 1. The molecule has 12 heteroatoms. The fourth-order valence-corrected chi connectivity index (χ4v) is 7.07. The molecule has 2 aliphatic rings. The Morgan fingerprint density at radius 3 is 2.51 bits per heavy atom. The van der Waals surface area contributed by atoms with Gasteiger partial charge < -0.3 is 16.4 Å². The molecule has 39 heavy (non-hydrogen) atoms. The number of aromatic nitrogens is 2. The summed E-state index contributed by atoms with van der Waals surface area (Å²) in [6.07, 6.45) is -2.66. The van der Waals surface area contributed by atoms with E-state index in [1.807, 2.05) is 0 Å². The highest BCUT2D eigenvalue weighted by Crippen LogP contribution is 2.47. The summed E-state index contributed by atoms with van der Waals surface area (Å²) in [6.45, 7) is 6.50. The quantitative estimate of drug-likeness (QED) is 0.318. The van der Waals surface area contributed by atoms with Crippen LogP contribution in [0.2, 0.25) is 5.02 Å². The number of anilines is 2. The number of halogens is 4. The highest BCUT2D eigenvalue weighted by molar-refractivity contribution is 7.17. The van der Waals surface area contributed by atoms with Crippen molar-refractivity contribution < 1.29 is 22.8 Å². The van der Waals surface area contributed by atoms with Crippen molar-refractivity contribution in [1.29, 1.82) is 0 Å². The van der Waals surface area contributed by atoms with Crippen LogP contribution in [-0.4, -0.2) is 27.8 Å². The molecule has 1 aliphatic carbocycles. The van der Waals surface area contributed by atoms with E-state index in [0.717, 1.165) is 28.0 Å². The van der Waals surface area contributed by atoms with Gasteiger partial charge in [-0.15, -0.1) is 11.3 Å². The molecule has 4 N–H and O–H groups in total. The average molecular weight is 580 g/mol. The molecule has 3 aromatic rings. The first kappa shape index (κ1) is 27.5. The summed E-state index contributed by atoms with van der Waals surface area (Å²) < 4.78 is 43.0. The topological polar surface area (TPSA) is 102 Å². The average Bonchev–Trinajstić information content (AvgIpc) is 3.39. The molecule has 7 nitrogen and oxygen atoms in total. The van der Waals surface area contributed by atoms with E-state index in [4.69, 9.17) is 17.3 Å². The summed E-state index contributed by atoms with van der Waals surface area (Å²) in [6, 6.07) is 6.05. The summed E-state index contributed by atoms with van der Waals surface area (Å²) in [7, 11) is 0. The lowest BCUT2D eigenvalue weighted by Crippen LogP contribution is -2.35. The highest BCUT2D eigenvalue weighted by atomic mass is 35.5. The lowest BCUT2D eigenvalue weighted by atomic mass is 9.72. The zero-order valence-corrected chi connectivity index (χ0v) is 23.2. The van der Waals surface area contributed by atoms with Crippen LogP contribution < -0.4 is 16.4 Å². The molecule has 2 amide bonds. The van der Waals surface area contributed by atoms with Crippen LogP contribution in [0.25, 0.3) is 0 Å². The van der Waals surface area contributed by atoms with Crippen molar-refractivity contribution in [1.82, 2.24) is 9.78 Å². The van der Waals surface area contributed by atoms with Gasteiger partial charge in [0.05, 0.1) is 11.6 Å². The maximum absolute atomic E-state index is 14.1. The molecular weight excluding hydrogens is 551 g/mol. The third-order valence-corrected chi connectivity index (χ3v) is 9.20. The predicted molar refractivity (Wildman–Crippen MR) is 146 cm³/mol. The smallest absolute Gasteiger partial charge is 0.365 e. The van der Waals surface area contributed by atoms with E-state index in [1.54, 1.807) is 30.3 Å². The fraction of sp³-hybridized carbons (Fsp3) is 0.444. The van der Waals surface area contributed by atoms with Crippen molar-refractivity contribution in [2.75, 3.05) is 10.6 Å². The predicted octanol–water partition coefficient (Wildman–Crippen LogP) is 6.76. The Morgan fingerprint density at radius 1 is 1.21 bits per heavy atom. The normalized spacial score (nSPS) is 21.1. The van der Waals surface area contributed by atoms with Crippen LogP contribution in [0.4, 0.5) is 24.0 Å². The summed E-state index contributed by atoms with van der Waals surface area (Å²) in [4.78, 5) is 26.7. The Labute approximate surface area is 232 Å². The van der Waals surface area contributed by atoms with Gasteiger partial charge in [-0.2, -0.15) is 18.3 Å². The second-order valence-electron chi connectivity index (χ2n) is 11.2. The standard InChI is InChI=1S/C27H29ClF3N5O2S/c1-26(2,3)14-9-10-15-17(11-14)39-25(19(15)22(32)37)34-24(38)21-20(28)23-33-16(13-7-5-4-6-8-13)12-18(27(29,30)31)36(23)35-21/h4-8,14,16,18,33H,9-12H2,1-3H3,(H2,32,37)(H,34,38)/t14-,16+,18+/m0/s1. The Kier molecular flexibility index (Phi) is 6.95. The number of fused-ring (bicyclic) bond motifs is 2. The number of rotatable bonds is 4. The Balaban J connectivity index is 1.48. The van der Waals surface area contributed by atoms with Gasteiger partial charge in [0.1, 0.15) is 15.8 Å². The Morgan fingerprint density at radius 2 is 1.90 bits per heavy atom. The van der Waals surface area contributed by atoms with Crippen LogP contribution >= 0.6 is 22.9 Å². The van der Waals surface area contributed by atoms with Crippen molar-refractivity contribution in [2.24, 2.45) is 17.1 Å². The second-order valence-corrected chi connectivity index (χ2v) is 12.7. The molecule has 208 valence electrons. The maximum atomic E-state index is 14.1. The number of carbonyl (C=O) groups excluding carboxylic acids is 2. The van der Waals surface area contributed by atoms with Crippen LogP contribution in [-0.2, 0) is 12.8 Å². The van der Waals surface area contributed by atoms with E-state index in [-0.39, 0.29) is 38.9 Å². The number of hydrogen-bond acceptors (Lipinski definition) is 5. The molecule has 1 aliphatic heterocycles. The molecule has 0 unspecified atom stereocenters. The second kappa shape index (κ2) is 9.85. The zero-order valence-electron chi connectivity index (χ0n) is 21.7. The van der Waals surface area contributed by atoms with Crippen LogP contribution in [0.1, 0.15) is 82.5 Å². The SMILES string of the molecule is CC(C)(C)[C@H]1CCc2c(sc(NC(=O)c3nn4c(c3Cl)N[C@@H](c3ccccc3)C[C@@H]4C(F)(F)F)c2C(N)=O)C1. The van der Waals surface area contributed by atoms with E-state index in [1.165, 1.54) is 11.3 Å². The van der Waals surface area contributed by atoms with Gasteiger partial charge in [0.15, 0.2) is 11.7 Å². The molecule has 0 saturated heterocycles. The maximum Gasteiger partial charge on any atom is 0.410 e. The summed E-state index contributed by atoms with van der Waals surface area (Å²) in [5.74, 6) is -1.17. The highest BCUT2D eigenvalue weighted by Gasteiger charge is 2.48. The largest absolute Gasteiger partial charge is 0.410 e. The number of thiophene rings is 1. The molecule has 0 radical (unpaired) electrons. The fourth-order valence-electron chi connectivity index (χ4n) is 5.47. The number of hydrogen-bond donors (Lipinski definition) is 3. The van der Waals surface area contributed by atoms with E-state index >= 15 is 0 Å². The summed E-state index contributed by atoms with van der Waals surface area (Å²) in [5, 5.41) is 9.74. The number of benzene rings is 1. The molecule has 0 spiro atoms. The van der Waals surface area contributed by atoms with Crippen molar-refractivity contribution >= 4 is 45.6 Å². The molecule has 0 fully saturated rings. The minimum Gasteiger partial charge on any atom is -0.365 e. The van der Waals surface area contributed by atoms with Gasteiger partial charge in [-0.25, -0.2) is 4.68 Å². The third-order valence-electron chi connectivity index (χ3n) is 7.68. The van der Waals surface area contributed by atoms with Crippen molar-refractivity contribution in [3.8, 4) is 0 Å². The van der Waals surface area contributed by atoms with Crippen molar-refractivity contribution in [2.45, 2.75) is 64.7 Å². The van der Waals surface area contributed by atoms with Crippen molar-refractivity contribution in [3.05, 3.63) is 62.6 Å². The van der Waals surface area contributed by atoms with Crippen LogP contribution in [0, 0.1) is 11.3 Å². The number of amides is 2. The third kappa shape index (κ3) is 5.14. The first-order valence-electron chi connectivity index (χ1n) is 12.7. The number of nitrogens with one attached hydrogen (secondary N) is 2. The van der Waals surface area contributed by atoms with E-state index in [9.17, 15) is 22.8 Å². The first-order valence-corrected chi connectivity index (χ1v) is 13.9. The van der Waals surface area contributed by atoms with E-state index < -0.39 is 30.1 Å². The molecule has 3 atom stereocenters. The number of carbonyl (C=O) groups is 2. The van der Waals surface area contributed by atoms with Gasteiger partial charge in [-0.3, -0.25) is 9.59 Å².